The van der Waals surface area contributed by atoms with Gasteiger partial charge < -0.3 is 20.9 Å². The lowest BCUT2D eigenvalue weighted by atomic mass is 10.2. The molecular formula is C20H26N2O3. The first kappa shape index (κ1) is 18.8. The van der Waals surface area contributed by atoms with Gasteiger partial charge in [-0.2, -0.15) is 0 Å². The summed E-state index contributed by atoms with van der Waals surface area (Å²) in [7, 11) is 0. The zero-order valence-corrected chi connectivity index (χ0v) is 14.4. The quantitative estimate of drug-likeness (QED) is 0.743. The molecule has 0 bridgehead atoms. The van der Waals surface area contributed by atoms with Crippen LogP contribution in [-0.2, 0) is 13.2 Å². The second-order valence-corrected chi connectivity index (χ2v) is 6.12. The third kappa shape index (κ3) is 7.72. The van der Waals surface area contributed by atoms with E-state index in [1.165, 1.54) is 36.8 Å². The molecule has 2 aromatic carbocycles. The Bertz CT molecular complexity index is 619. The first-order valence-electron chi connectivity index (χ1n) is 8.61. The maximum absolute atomic E-state index is 8.78. The lowest BCUT2D eigenvalue weighted by Crippen LogP contribution is -2.25. The number of hydrogen-bond acceptors (Lipinski definition) is 3. The lowest BCUT2D eigenvalue weighted by Gasteiger charge is -2.12. The second-order valence-electron chi connectivity index (χ2n) is 6.12. The van der Waals surface area contributed by atoms with Crippen molar-refractivity contribution in [2.45, 2.75) is 44.9 Å². The van der Waals surface area contributed by atoms with Crippen LogP contribution in [0.3, 0.4) is 0 Å². The van der Waals surface area contributed by atoms with E-state index in [1.54, 1.807) is 0 Å². The average molecular weight is 342 g/mol. The van der Waals surface area contributed by atoms with Crippen molar-refractivity contribution in [3.05, 3.63) is 65.7 Å². The molecule has 0 heterocycles. The molecule has 25 heavy (non-hydrogen) atoms. The fourth-order valence-electron chi connectivity index (χ4n) is 2.84. The monoisotopic (exact) mass is 342 g/mol. The van der Waals surface area contributed by atoms with Crippen molar-refractivity contribution in [1.82, 2.24) is 5.32 Å². The predicted molar refractivity (Wildman–Crippen MR) is 98.5 cm³/mol. The summed E-state index contributed by atoms with van der Waals surface area (Å²) in [6.45, 7) is 1.59. The number of hydrogen-bond donors (Lipinski definition) is 3. The van der Waals surface area contributed by atoms with Gasteiger partial charge in [-0.25, -0.2) is 4.79 Å². The summed E-state index contributed by atoms with van der Waals surface area (Å²) >= 11 is 0. The van der Waals surface area contributed by atoms with Crippen LogP contribution in [-0.4, -0.2) is 17.2 Å². The van der Waals surface area contributed by atoms with Crippen molar-refractivity contribution >= 4 is 6.09 Å². The first-order chi connectivity index (χ1) is 12.1. The van der Waals surface area contributed by atoms with Gasteiger partial charge in [-0.3, -0.25) is 0 Å². The Morgan fingerprint density at radius 1 is 1.04 bits per heavy atom. The Labute approximate surface area is 148 Å². The van der Waals surface area contributed by atoms with Gasteiger partial charge in [0.15, 0.2) is 0 Å². The molecule has 0 saturated heterocycles. The SMILES string of the molecule is NC(=O)O.c1ccc(COc2ccc(CNC3CCCC3)cc2)cc1. The van der Waals surface area contributed by atoms with E-state index in [2.05, 4.69) is 47.4 Å². The molecule has 0 aliphatic heterocycles. The second kappa shape index (κ2) is 10.4. The van der Waals surface area contributed by atoms with Crippen LogP contribution in [0.15, 0.2) is 54.6 Å². The average Bonchev–Trinajstić information content (AvgIpc) is 3.13. The van der Waals surface area contributed by atoms with Gasteiger partial charge >= 0.3 is 6.09 Å². The molecular weight excluding hydrogens is 316 g/mol. The molecule has 3 rings (SSSR count). The molecule has 1 saturated carbocycles. The van der Waals surface area contributed by atoms with Gasteiger partial charge in [0.2, 0.25) is 0 Å². The van der Waals surface area contributed by atoms with Gasteiger partial charge in [0.05, 0.1) is 0 Å². The number of carboxylic acid groups (broad SMARTS) is 1. The molecule has 0 aromatic heterocycles. The standard InChI is InChI=1S/C19H23NO.CH3NO2/c1-2-6-17(7-3-1)15-21-19-12-10-16(11-13-19)14-20-18-8-4-5-9-18;2-1(3)4/h1-3,6-7,10-13,18,20H,4-5,8-9,14-15H2;2H2,(H,3,4). The minimum atomic E-state index is -1.33. The van der Waals surface area contributed by atoms with Gasteiger partial charge in [0.25, 0.3) is 0 Å². The molecule has 5 nitrogen and oxygen atoms in total. The van der Waals surface area contributed by atoms with Crippen LogP contribution >= 0.6 is 0 Å². The number of ether oxygens (including phenoxy) is 1. The highest BCUT2D eigenvalue weighted by atomic mass is 16.5. The molecule has 134 valence electrons. The zero-order chi connectivity index (χ0) is 17.9. The molecule has 0 radical (unpaired) electrons. The van der Waals surface area contributed by atoms with E-state index < -0.39 is 6.09 Å². The van der Waals surface area contributed by atoms with Gasteiger partial charge in [-0.05, 0) is 36.1 Å². The zero-order valence-electron chi connectivity index (χ0n) is 14.4. The summed E-state index contributed by atoms with van der Waals surface area (Å²) in [6.07, 6.45) is 4.09. The van der Waals surface area contributed by atoms with Crippen LogP contribution in [0.2, 0.25) is 0 Å². The maximum atomic E-state index is 8.78. The van der Waals surface area contributed by atoms with Crippen LogP contribution in [0.5, 0.6) is 5.75 Å². The number of rotatable bonds is 6. The number of carbonyl (C=O) groups is 1. The third-order valence-electron chi connectivity index (χ3n) is 4.12. The Morgan fingerprint density at radius 3 is 2.24 bits per heavy atom. The highest BCUT2D eigenvalue weighted by Gasteiger charge is 2.13. The molecule has 1 amide bonds. The molecule has 1 fully saturated rings. The molecule has 5 heteroatoms. The van der Waals surface area contributed by atoms with Crippen molar-refractivity contribution in [3.63, 3.8) is 0 Å². The number of primary amides is 1. The van der Waals surface area contributed by atoms with Crippen LogP contribution in [0.4, 0.5) is 4.79 Å². The number of benzene rings is 2. The summed E-state index contributed by atoms with van der Waals surface area (Å²) in [4.78, 5) is 8.78. The highest BCUT2D eigenvalue weighted by Crippen LogP contribution is 2.19. The fraction of sp³-hybridized carbons (Fsp3) is 0.350. The topological polar surface area (TPSA) is 84.6 Å². The van der Waals surface area contributed by atoms with E-state index in [0.29, 0.717) is 6.61 Å². The van der Waals surface area contributed by atoms with E-state index >= 15 is 0 Å². The Hall–Kier alpha value is -2.53. The smallest absolute Gasteiger partial charge is 0.402 e. The summed E-state index contributed by atoms with van der Waals surface area (Å²) in [5.74, 6) is 0.934. The van der Waals surface area contributed by atoms with Crippen molar-refractivity contribution in [2.75, 3.05) is 0 Å². The fourth-order valence-corrected chi connectivity index (χ4v) is 2.84. The number of nitrogens with one attached hydrogen (secondary N) is 1. The van der Waals surface area contributed by atoms with Gasteiger partial charge in [-0.15, -0.1) is 0 Å². The summed E-state index contributed by atoms with van der Waals surface area (Å²) in [5.41, 5.74) is 6.55. The van der Waals surface area contributed by atoms with E-state index in [1.807, 2.05) is 18.2 Å². The lowest BCUT2D eigenvalue weighted by molar-refractivity contribution is 0.205. The van der Waals surface area contributed by atoms with E-state index in [0.717, 1.165) is 18.3 Å². The van der Waals surface area contributed by atoms with Gasteiger partial charge in [0, 0.05) is 12.6 Å². The number of nitrogens with two attached hydrogens (primary N) is 1. The minimum absolute atomic E-state index is 0.626. The van der Waals surface area contributed by atoms with Crippen LogP contribution in [0, 0.1) is 0 Å². The summed E-state index contributed by atoms with van der Waals surface area (Å²) in [6, 6.07) is 19.4. The minimum Gasteiger partial charge on any atom is -0.489 e. The normalized spacial score (nSPS) is 13.8. The van der Waals surface area contributed by atoms with Crippen molar-refractivity contribution in [3.8, 4) is 5.75 Å². The van der Waals surface area contributed by atoms with Crippen LogP contribution < -0.4 is 15.8 Å². The van der Waals surface area contributed by atoms with Gasteiger partial charge in [-0.1, -0.05) is 55.3 Å². The van der Waals surface area contributed by atoms with E-state index in [4.69, 9.17) is 14.6 Å². The Morgan fingerprint density at radius 2 is 1.64 bits per heavy atom. The highest BCUT2D eigenvalue weighted by molar-refractivity contribution is 5.61. The molecule has 1 aliphatic carbocycles. The van der Waals surface area contributed by atoms with E-state index in [9.17, 15) is 0 Å². The molecule has 0 unspecified atom stereocenters. The molecule has 0 spiro atoms. The van der Waals surface area contributed by atoms with E-state index in [-0.39, 0.29) is 0 Å². The number of amides is 1. The van der Waals surface area contributed by atoms with Crippen molar-refractivity contribution in [1.29, 1.82) is 0 Å². The molecule has 0 atom stereocenters. The predicted octanol–water partition coefficient (Wildman–Crippen LogP) is 3.92. The van der Waals surface area contributed by atoms with Crippen molar-refractivity contribution < 1.29 is 14.6 Å². The first-order valence-corrected chi connectivity index (χ1v) is 8.61. The van der Waals surface area contributed by atoms with Crippen LogP contribution in [0.1, 0.15) is 36.8 Å². The summed E-state index contributed by atoms with van der Waals surface area (Å²) < 4.78 is 5.80. The Balaban J connectivity index is 0.000000511. The Kier molecular flexibility index (Phi) is 7.79. The summed E-state index contributed by atoms with van der Waals surface area (Å²) in [5, 5.41) is 10.8. The largest absolute Gasteiger partial charge is 0.489 e. The van der Waals surface area contributed by atoms with Gasteiger partial charge in [0.1, 0.15) is 12.4 Å². The van der Waals surface area contributed by atoms with Crippen molar-refractivity contribution in [2.24, 2.45) is 5.73 Å². The molecule has 4 N–H and O–H groups in total. The third-order valence-corrected chi connectivity index (χ3v) is 4.12. The maximum Gasteiger partial charge on any atom is 0.402 e. The molecule has 1 aliphatic rings. The molecule has 2 aromatic rings. The van der Waals surface area contributed by atoms with Crippen LogP contribution in [0.25, 0.3) is 0 Å².